The average molecular weight is 126 g/mol. The zero-order valence-corrected chi connectivity index (χ0v) is 6.31. The summed E-state index contributed by atoms with van der Waals surface area (Å²) in [7, 11) is 0. The maximum Gasteiger partial charge on any atom is 0.0777 e. The Labute approximate surface area is 56.4 Å². The molecule has 0 aromatic heterocycles. The van der Waals surface area contributed by atoms with E-state index in [1.165, 1.54) is 5.57 Å². The summed E-state index contributed by atoms with van der Waals surface area (Å²) >= 11 is 0. The molecule has 0 bridgehead atoms. The van der Waals surface area contributed by atoms with Crippen molar-refractivity contribution in [3.05, 3.63) is 11.6 Å². The fourth-order valence-electron chi connectivity index (χ4n) is 1.38. The molecule has 0 saturated carbocycles. The van der Waals surface area contributed by atoms with Crippen molar-refractivity contribution in [2.45, 2.75) is 33.3 Å². The summed E-state index contributed by atoms with van der Waals surface area (Å²) in [6.07, 6.45) is 2.76. The van der Waals surface area contributed by atoms with Crippen LogP contribution in [0.3, 0.4) is 0 Å². The molecular formula is C8H14O. The summed E-state index contributed by atoms with van der Waals surface area (Å²) in [5, 5.41) is 9.35. The molecule has 52 valence electrons. The Kier molecular flexibility index (Phi) is 1.39. The minimum Gasteiger partial charge on any atom is -0.388 e. The van der Waals surface area contributed by atoms with E-state index in [0.717, 1.165) is 6.42 Å². The van der Waals surface area contributed by atoms with E-state index in [-0.39, 0.29) is 11.5 Å². The SMILES string of the molecule is CC1=CC(O)C(C)(C)C1. The van der Waals surface area contributed by atoms with Crippen LogP contribution in [-0.2, 0) is 0 Å². The molecular weight excluding hydrogens is 112 g/mol. The summed E-state index contributed by atoms with van der Waals surface area (Å²) in [6, 6.07) is 0. The maximum absolute atomic E-state index is 9.35. The third-order valence-corrected chi connectivity index (χ3v) is 1.98. The van der Waals surface area contributed by atoms with Crippen molar-refractivity contribution >= 4 is 0 Å². The zero-order valence-electron chi connectivity index (χ0n) is 6.31. The molecule has 9 heavy (non-hydrogen) atoms. The van der Waals surface area contributed by atoms with Crippen LogP contribution in [0.1, 0.15) is 27.2 Å². The number of hydrogen-bond acceptors (Lipinski definition) is 1. The highest BCUT2D eigenvalue weighted by molar-refractivity contribution is 5.15. The van der Waals surface area contributed by atoms with Gasteiger partial charge < -0.3 is 5.11 Å². The third kappa shape index (κ3) is 1.16. The molecule has 1 nitrogen and oxygen atoms in total. The Morgan fingerprint density at radius 1 is 1.67 bits per heavy atom. The monoisotopic (exact) mass is 126 g/mol. The van der Waals surface area contributed by atoms with Gasteiger partial charge in [-0.3, -0.25) is 0 Å². The van der Waals surface area contributed by atoms with Gasteiger partial charge in [0.25, 0.3) is 0 Å². The van der Waals surface area contributed by atoms with Crippen LogP contribution in [0, 0.1) is 5.41 Å². The van der Waals surface area contributed by atoms with Gasteiger partial charge in [0.15, 0.2) is 0 Å². The fraction of sp³-hybridized carbons (Fsp3) is 0.750. The number of rotatable bonds is 0. The van der Waals surface area contributed by atoms with E-state index in [2.05, 4.69) is 20.8 Å². The van der Waals surface area contributed by atoms with E-state index in [0.29, 0.717) is 0 Å². The van der Waals surface area contributed by atoms with Crippen molar-refractivity contribution in [3.8, 4) is 0 Å². The van der Waals surface area contributed by atoms with Crippen LogP contribution in [0.4, 0.5) is 0 Å². The molecule has 0 heterocycles. The van der Waals surface area contributed by atoms with E-state index in [4.69, 9.17) is 0 Å². The predicted octanol–water partition coefficient (Wildman–Crippen LogP) is 1.72. The average Bonchev–Trinajstić information content (AvgIpc) is 1.79. The Morgan fingerprint density at radius 2 is 2.22 bits per heavy atom. The lowest BCUT2D eigenvalue weighted by molar-refractivity contribution is 0.105. The van der Waals surface area contributed by atoms with Crippen LogP contribution in [0.25, 0.3) is 0 Å². The zero-order chi connectivity index (χ0) is 7.07. The standard InChI is InChI=1S/C8H14O/c1-6-4-7(9)8(2,3)5-6/h4,7,9H,5H2,1-3H3. The predicted molar refractivity (Wildman–Crippen MR) is 38.2 cm³/mol. The number of hydrogen-bond donors (Lipinski definition) is 1. The lowest BCUT2D eigenvalue weighted by atomic mass is 9.88. The molecule has 0 aromatic rings. The van der Waals surface area contributed by atoms with Gasteiger partial charge in [-0.2, -0.15) is 0 Å². The van der Waals surface area contributed by atoms with Crippen LogP contribution in [-0.4, -0.2) is 11.2 Å². The Balaban J connectivity index is 2.71. The van der Waals surface area contributed by atoms with Gasteiger partial charge in [-0.1, -0.05) is 25.5 Å². The van der Waals surface area contributed by atoms with Gasteiger partial charge in [0.05, 0.1) is 6.10 Å². The molecule has 0 spiro atoms. The normalized spacial score (nSPS) is 32.4. The molecule has 0 fully saturated rings. The molecule has 1 rings (SSSR count). The molecule has 1 unspecified atom stereocenters. The van der Waals surface area contributed by atoms with Gasteiger partial charge in [-0.15, -0.1) is 0 Å². The van der Waals surface area contributed by atoms with Crippen LogP contribution >= 0.6 is 0 Å². The first-order valence-electron chi connectivity index (χ1n) is 3.38. The van der Waals surface area contributed by atoms with Gasteiger partial charge in [0.1, 0.15) is 0 Å². The second-order valence-corrected chi connectivity index (χ2v) is 3.62. The third-order valence-electron chi connectivity index (χ3n) is 1.98. The molecule has 1 atom stereocenters. The highest BCUT2D eigenvalue weighted by atomic mass is 16.3. The number of allylic oxidation sites excluding steroid dienone is 1. The first-order chi connectivity index (χ1) is 4.02. The van der Waals surface area contributed by atoms with Crippen molar-refractivity contribution in [3.63, 3.8) is 0 Å². The topological polar surface area (TPSA) is 20.2 Å². The quantitative estimate of drug-likeness (QED) is 0.490. The minimum atomic E-state index is -0.225. The molecule has 0 amide bonds. The van der Waals surface area contributed by atoms with E-state index < -0.39 is 0 Å². The molecule has 0 aliphatic heterocycles. The number of aliphatic hydroxyl groups excluding tert-OH is 1. The minimum absolute atomic E-state index is 0.0874. The molecule has 0 saturated heterocycles. The van der Waals surface area contributed by atoms with Gasteiger partial charge in [-0.25, -0.2) is 0 Å². The molecule has 1 aliphatic carbocycles. The van der Waals surface area contributed by atoms with Crippen LogP contribution in [0.2, 0.25) is 0 Å². The van der Waals surface area contributed by atoms with Gasteiger partial charge in [-0.05, 0) is 18.8 Å². The van der Waals surface area contributed by atoms with E-state index in [9.17, 15) is 5.11 Å². The molecule has 1 N–H and O–H groups in total. The summed E-state index contributed by atoms with van der Waals surface area (Å²) < 4.78 is 0. The lowest BCUT2D eigenvalue weighted by Crippen LogP contribution is -2.22. The van der Waals surface area contributed by atoms with Gasteiger partial charge in [0, 0.05) is 0 Å². The Bertz CT molecular complexity index is 145. The van der Waals surface area contributed by atoms with Crippen LogP contribution in [0.5, 0.6) is 0 Å². The van der Waals surface area contributed by atoms with Crippen molar-refractivity contribution in [2.24, 2.45) is 5.41 Å². The molecule has 1 aliphatic rings. The highest BCUT2D eigenvalue weighted by Crippen LogP contribution is 2.35. The van der Waals surface area contributed by atoms with Gasteiger partial charge in [0.2, 0.25) is 0 Å². The summed E-state index contributed by atoms with van der Waals surface area (Å²) in [5.74, 6) is 0. The van der Waals surface area contributed by atoms with Gasteiger partial charge >= 0.3 is 0 Å². The summed E-state index contributed by atoms with van der Waals surface area (Å²) in [5.41, 5.74) is 1.40. The lowest BCUT2D eigenvalue weighted by Gasteiger charge is -2.21. The molecule has 1 heteroatoms. The maximum atomic E-state index is 9.35. The molecule has 0 aromatic carbocycles. The Morgan fingerprint density at radius 3 is 2.33 bits per heavy atom. The van der Waals surface area contributed by atoms with Crippen LogP contribution < -0.4 is 0 Å². The fourth-order valence-corrected chi connectivity index (χ4v) is 1.38. The summed E-state index contributed by atoms with van der Waals surface area (Å²) in [6.45, 7) is 6.24. The Hall–Kier alpha value is -0.300. The smallest absolute Gasteiger partial charge is 0.0777 e. The largest absolute Gasteiger partial charge is 0.388 e. The van der Waals surface area contributed by atoms with Crippen molar-refractivity contribution in [1.82, 2.24) is 0 Å². The van der Waals surface area contributed by atoms with Crippen molar-refractivity contribution < 1.29 is 5.11 Å². The van der Waals surface area contributed by atoms with E-state index in [1.54, 1.807) is 0 Å². The highest BCUT2D eigenvalue weighted by Gasteiger charge is 2.31. The second kappa shape index (κ2) is 1.84. The first-order valence-corrected chi connectivity index (χ1v) is 3.38. The van der Waals surface area contributed by atoms with E-state index >= 15 is 0 Å². The first kappa shape index (κ1) is 6.81. The van der Waals surface area contributed by atoms with E-state index in [1.807, 2.05) is 6.08 Å². The van der Waals surface area contributed by atoms with Crippen molar-refractivity contribution in [1.29, 1.82) is 0 Å². The summed E-state index contributed by atoms with van der Waals surface area (Å²) in [4.78, 5) is 0. The number of aliphatic hydroxyl groups is 1. The van der Waals surface area contributed by atoms with Crippen LogP contribution in [0.15, 0.2) is 11.6 Å². The second-order valence-electron chi connectivity index (χ2n) is 3.62. The molecule has 0 radical (unpaired) electrons. The van der Waals surface area contributed by atoms with Crippen molar-refractivity contribution in [2.75, 3.05) is 0 Å².